The maximum Gasteiger partial charge on any atom is 0.306 e. The molecule has 0 spiro atoms. The molecule has 7 unspecified atom stereocenters. The van der Waals surface area contributed by atoms with Crippen LogP contribution in [-0.4, -0.2) is 11.1 Å². The molecule has 3 aliphatic rings. The van der Waals surface area contributed by atoms with Crippen molar-refractivity contribution in [2.75, 3.05) is 0 Å². The number of fused-ring (bicyclic) bond motifs is 5. The van der Waals surface area contributed by atoms with E-state index in [4.69, 9.17) is 0 Å². The average molecular weight is 302 g/mol. The maximum atomic E-state index is 11.6. The Bertz CT molecular complexity index is 490. The largest absolute Gasteiger partial charge is 0.481 e. The zero-order chi connectivity index (χ0) is 15.9. The van der Waals surface area contributed by atoms with Gasteiger partial charge in [0.2, 0.25) is 0 Å². The Hall–Kier alpha value is -1.05. The third-order valence-corrected chi connectivity index (χ3v) is 6.56. The van der Waals surface area contributed by atoms with Crippen molar-refractivity contribution in [3.05, 3.63) is 23.8 Å². The third-order valence-electron chi connectivity index (χ3n) is 6.56. The van der Waals surface area contributed by atoms with E-state index in [1.54, 1.807) is 0 Å². The number of carbonyl (C=O) groups is 1. The van der Waals surface area contributed by atoms with Crippen molar-refractivity contribution >= 4 is 5.97 Å². The first-order chi connectivity index (χ1) is 10.6. The lowest BCUT2D eigenvalue weighted by Crippen LogP contribution is -2.33. The van der Waals surface area contributed by atoms with Gasteiger partial charge in [0, 0.05) is 0 Å². The maximum absolute atomic E-state index is 11.6. The van der Waals surface area contributed by atoms with Crippen LogP contribution in [0.5, 0.6) is 0 Å². The predicted molar refractivity (Wildman–Crippen MR) is 89.4 cm³/mol. The molecule has 0 saturated heterocycles. The zero-order valence-corrected chi connectivity index (χ0v) is 14.2. The lowest BCUT2D eigenvalue weighted by atomic mass is 9.71. The number of allylic oxidation sites excluding steroid dienone is 4. The Kier molecular flexibility index (Phi) is 4.47. The topological polar surface area (TPSA) is 37.3 Å². The first-order valence-corrected chi connectivity index (χ1v) is 9.09. The summed E-state index contributed by atoms with van der Waals surface area (Å²) in [5.74, 6) is 3.11. The second-order valence-electron chi connectivity index (χ2n) is 7.85. The van der Waals surface area contributed by atoms with E-state index in [9.17, 15) is 9.90 Å². The minimum Gasteiger partial charge on any atom is -0.481 e. The van der Waals surface area contributed by atoms with Crippen LogP contribution in [0.4, 0.5) is 0 Å². The third kappa shape index (κ3) is 2.55. The summed E-state index contributed by atoms with van der Waals surface area (Å²) in [7, 11) is 0. The van der Waals surface area contributed by atoms with Crippen LogP contribution in [0.25, 0.3) is 0 Å². The Morgan fingerprint density at radius 1 is 1.18 bits per heavy atom. The molecule has 3 aliphatic carbocycles. The molecule has 1 N–H and O–H groups in total. The summed E-state index contributed by atoms with van der Waals surface area (Å²) in [6.07, 6.45) is 12.8. The van der Waals surface area contributed by atoms with Gasteiger partial charge in [-0.3, -0.25) is 4.79 Å². The molecule has 0 heterocycles. The van der Waals surface area contributed by atoms with Crippen LogP contribution in [0.2, 0.25) is 0 Å². The number of carboxylic acid groups (broad SMARTS) is 1. The quantitative estimate of drug-likeness (QED) is 0.732. The molecule has 7 atom stereocenters. The highest BCUT2D eigenvalue weighted by Crippen LogP contribution is 2.65. The van der Waals surface area contributed by atoms with E-state index in [0.29, 0.717) is 29.6 Å². The molecule has 0 aromatic carbocycles. The number of hydrogen-bond donors (Lipinski definition) is 1. The smallest absolute Gasteiger partial charge is 0.306 e. The van der Waals surface area contributed by atoms with Gasteiger partial charge < -0.3 is 5.11 Å². The molecule has 2 heteroatoms. The number of carboxylic acids is 1. The Morgan fingerprint density at radius 2 is 1.95 bits per heavy atom. The van der Waals surface area contributed by atoms with Crippen molar-refractivity contribution in [3.63, 3.8) is 0 Å². The summed E-state index contributed by atoms with van der Waals surface area (Å²) >= 11 is 0. The van der Waals surface area contributed by atoms with Crippen LogP contribution in [0.3, 0.4) is 0 Å². The summed E-state index contributed by atoms with van der Waals surface area (Å²) in [4.78, 5) is 11.6. The molecule has 2 nitrogen and oxygen atoms in total. The molecular formula is C20H30O2. The number of rotatable bonds is 5. The molecule has 22 heavy (non-hydrogen) atoms. The van der Waals surface area contributed by atoms with Gasteiger partial charge in [0.05, 0.1) is 5.92 Å². The van der Waals surface area contributed by atoms with Crippen molar-refractivity contribution in [1.82, 2.24) is 0 Å². The van der Waals surface area contributed by atoms with E-state index < -0.39 is 5.97 Å². The SMILES string of the molecule is CC=CC1CC(/C=C(/C)CCC)C2C3CC(CC3C(=O)O)C12. The van der Waals surface area contributed by atoms with E-state index in [0.717, 1.165) is 18.8 Å². The highest BCUT2D eigenvalue weighted by Gasteiger charge is 2.60. The normalized spacial score (nSPS) is 44.0. The molecule has 3 saturated carbocycles. The molecule has 122 valence electrons. The van der Waals surface area contributed by atoms with Crippen LogP contribution in [0.1, 0.15) is 52.9 Å². The van der Waals surface area contributed by atoms with Crippen LogP contribution in [0, 0.1) is 41.4 Å². The Balaban J connectivity index is 1.86. The molecule has 0 amide bonds. The van der Waals surface area contributed by atoms with Gasteiger partial charge >= 0.3 is 5.97 Å². The Labute approximate surface area is 134 Å². The number of hydrogen-bond acceptors (Lipinski definition) is 1. The first-order valence-electron chi connectivity index (χ1n) is 9.09. The monoisotopic (exact) mass is 302 g/mol. The lowest BCUT2D eigenvalue weighted by molar-refractivity contribution is -0.144. The second kappa shape index (κ2) is 6.22. The van der Waals surface area contributed by atoms with E-state index in [1.165, 1.54) is 24.8 Å². The van der Waals surface area contributed by atoms with Crippen molar-refractivity contribution in [1.29, 1.82) is 0 Å². The van der Waals surface area contributed by atoms with Gasteiger partial charge in [-0.2, -0.15) is 0 Å². The van der Waals surface area contributed by atoms with Gasteiger partial charge in [0.15, 0.2) is 0 Å². The van der Waals surface area contributed by atoms with Gasteiger partial charge in [-0.05, 0) is 75.0 Å². The van der Waals surface area contributed by atoms with Gasteiger partial charge in [-0.25, -0.2) is 0 Å². The molecule has 2 bridgehead atoms. The zero-order valence-electron chi connectivity index (χ0n) is 14.2. The summed E-state index contributed by atoms with van der Waals surface area (Å²) in [5, 5.41) is 9.55. The minimum atomic E-state index is -0.548. The summed E-state index contributed by atoms with van der Waals surface area (Å²) in [6.45, 7) is 6.60. The molecule has 0 radical (unpaired) electrons. The van der Waals surface area contributed by atoms with Crippen molar-refractivity contribution in [2.45, 2.75) is 52.9 Å². The molecule has 0 aromatic rings. The molecule has 3 fully saturated rings. The summed E-state index contributed by atoms with van der Waals surface area (Å²) < 4.78 is 0. The molecule has 3 rings (SSSR count). The fraction of sp³-hybridized carbons (Fsp3) is 0.750. The van der Waals surface area contributed by atoms with E-state index in [-0.39, 0.29) is 5.92 Å². The van der Waals surface area contributed by atoms with Gasteiger partial charge in [0.25, 0.3) is 0 Å². The highest BCUT2D eigenvalue weighted by atomic mass is 16.4. The van der Waals surface area contributed by atoms with Crippen molar-refractivity contribution < 1.29 is 9.90 Å². The second-order valence-corrected chi connectivity index (χ2v) is 7.85. The molecular weight excluding hydrogens is 272 g/mol. The Morgan fingerprint density at radius 3 is 2.59 bits per heavy atom. The predicted octanol–water partition coefficient (Wildman–Crippen LogP) is 4.92. The van der Waals surface area contributed by atoms with Crippen LogP contribution in [-0.2, 0) is 4.79 Å². The highest BCUT2D eigenvalue weighted by molar-refractivity contribution is 5.71. The summed E-state index contributed by atoms with van der Waals surface area (Å²) in [6, 6.07) is 0. The molecule has 0 aliphatic heterocycles. The fourth-order valence-corrected chi connectivity index (χ4v) is 6.08. The summed E-state index contributed by atoms with van der Waals surface area (Å²) in [5.41, 5.74) is 1.50. The van der Waals surface area contributed by atoms with Crippen LogP contribution < -0.4 is 0 Å². The molecule has 0 aromatic heterocycles. The van der Waals surface area contributed by atoms with E-state index in [2.05, 4.69) is 39.0 Å². The lowest BCUT2D eigenvalue weighted by Gasteiger charge is -2.33. The fourth-order valence-electron chi connectivity index (χ4n) is 6.08. The average Bonchev–Trinajstić information content (AvgIpc) is 3.11. The van der Waals surface area contributed by atoms with Crippen LogP contribution >= 0.6 is 0 Å². The standard InChI is InChI=1S/C20H30O2/c1-4-6-12(3)8-14-9-13(7-5-2)18-15-10-16(19(14)18)17(11-15)20(21)22/h5,7-8,13-19H,4,6,9-11H2,1-3H3,(H,21,22)/b7-5?,12-8-. The first kappa shape index (κ1) is 15.8. The van der Waals surface area contributed by atoms with E-state index in [1.807, 2.05) is 0 Å². The van der Waals surface area contributed by atoms with Crippen molar-refractivity contribution in [3.8, 4) is 0 Å². The van der Waals surface area contributed by atoms with Crippen molar-refractivity contribution in [2.24, 2.45) is 41.4 Å². The van der Waals surface area contributed by atoms with Gasteiger partial charge in [0.1, 0.15) is 0 Å². The van der Waals surface area contributed by atoms with Crippen LogP contribution in [0.15, 0.2) is 23.8 Å². The number of aliphatic carboxylic acids is 1. The van der Waals surface area contributed by atoms with Gasteiger partial charge in [-0.1, -0.05) is 37.1 Å². The van der Waals surface area contributed by atoms with E-state index >= 15 is 0 Å². The van der Waals surface area contributed by atoms with Gasteiger partial charge in [-0.15, -0.1) is 0 Å². The minimum absolute atomic E-state index is 0.0713.